The molecular formula is C30H38N2O2. The Bertz CT molecular complexity index is 1100. The maximum atomic E-state index is 13.1. The van der Waals surface area contributed by atoms with Crippen LogP contribution in [0.2, 0.25) is 0 Å². The van der Waals surface area contributed by atoms with E-state index >= 15 is 0 Å². The van der Waals surface area contributed by atoms with Crippen LogP contribution in [0.1, 0.15) is 75.1 Å². The SMILES string of the molecule is CNC(=O)C(c1ccc(OCc2ccc3ccccc3n2)cc1CC(C)C)C1CCCCCC1. The minimum atomic E-state index is -0.0898. The predicted octanol–water partition coefficient (Wildman–Crippen LogP) is 6.81. The number of amides is 1. The van der Waals surface area contributed by atoms with E-state index in [1.807, 2.05) is 30.3 Å². The van der Waals surface area contributed by atoms with Crippen molar-refractivity contribution in [1.82, 2.24) is 10.3 Å². The molecular weight excluding hydrogens is 420 g/mol. The number of aromatic nitrogens is 1. The van der Waals surface area contributed by atoms with Gasteiger partial charge in [0.1, 0.15) is 12.4 Å². The minimum Gasteiger partial charge on any atom is -0.487 e. The van der Waals surface area contributed by atoms with Gasteiger partial charge in [-0.25, -0.2) is 4.98 Å². The number of rotatable bonds is 8. The van der Waals surface area contributed by atoms with Crippen LogP contribution in [0.4, 0.5) is 0 Å². The number of fused-ring (bicyclic) bond motifs is 1. The molecule has 34 heavy (non-hydrogen) atoms. The number of benzene rings is 2. The molecule has 2 aromatic carbocycles. The number of carbonyl (C=O) groups excluding carboxylic acids is 1. The fraction of sp³-hybridized carbons (Fsp3) is 0.467. The van der Waals surface area contributed by atoms with Crippen molar-refractivity contribution < 1.29 is 9.53 Å². The first-order valence-electron chi connectivity index (χ1n) is 12.9. The second-order valence-electron chi connectivity index (χ2n) is 10.1. The molecule has 180 valence electrons. The summed E-state index contributed by atoms with van der Waals surface area (Å²) in [5.41, 5.74) is 4.30. The molecule has 1 unspecified atom stereocenters. The first-order valence-corrected chi connectivity index (χ1v) is 12.9. The van der Waals surface area contributed by atoms with Crippen molar-refractivity contribution in [3.8, 4) is 5.75 Å². The van der Waals surface area contributed by atoms with Crippen LogP contribution in [-0.2, 0) is 17.8 Å². The number of nitrogens with one attached hydrogen (secondary N) is 1. The fourth-order valence-corrected chi connectivity index (χ4v) is 5.35. The van der Waals surface area contributed by atoms with Gasteiger partial charge in [0.15, 0.2) is 0 Å². The summed E-state index contributed by atoms with van der Waals surface area (Å²) in [4.78, 5) is 17.8. The summed E-state index contributed by atoms with van der Waals surface area (Å²) in [5, 5.41) is 4.09. The highest BCUT2D eigenvalue weighted by molar-refractivity contribution is 5.84. The molecule has 4 heteroatoms. The van der Waals surface area contributed by atoms with E-state index in [1.165, 1.54) is 36.8 Å². The quantitative estimate of drug-likeness (QED) is 0.377. The molecule has 0 bridgehead atoms. The van der Waals surface area contributed by atoms with E-state index in [0.29, 0.717) is 18.4 Å². The van der Waals surface area contributed by atoms with E-state index in [9.17, 15) is 4.79 Å². The van der Waals surface area contributed by atoms with E-state index in [4.69, 9.17) is 9.72 Å². The van der Waals surface area contributed by atoms with Gasteiger partial charge in [-0.1, -0.05) is 69.9 Å². The van der Waals surface area contributed by atoms with Crippen molar-refractivity contribution in [2.24, 2.45) is 11.8 Å². The fourth-order valence-electron chi connectivity index (χ4n) is 5.35. The molecule has 0 spiro atoms. The van der Waals surface area contributed by atoms with Gasteiger partial charge >= 0.3 is 0 Å². The molecule has 1 fully saturated rings. The number of pyridine rings is 1. The van der Waals surface area contributed by atoms with E-state index in [1.54, 1.807) is 7.05 Å². The normalized spacial score (nSPS) is 15.8. The molecule has 0 aliphatic heterocycles. The topological polar surface area (TPSA) is 51.2 Å². The van der Waals surface area contributed by atoms with Gasteiger partial charge in [0.05, 0.1) is 17.1 Å². The largest absolute Gasteiger partial charge is 0.487 e. The van der Waals surface area contributed by atoms with Gasteiger partial charge in [0.25, 0.3) is 0 Å². The van der Waals surface area contributed by atoms with Crippen LogP contribution in [0.3, 0.4) is 0 Å². The lowest BCUT2D eigenvalue weighted by Gasteiger charge is -2.28. The van der Waals surface area contributed by atoms with Crippen LogP contribution in [0.15, 0.2) is 54.6 Å². The number of para-hydroxylation sites is 1. The summed E-state index contributed by atoms with van der Waals surface area (Å²) < 4.78 is 6.19. The highest BCUT2D eigenvalue weighted by Gasteiger charge is 2.31. The Labute approximate surface area is 204 Å². The Morgan fingerprint density at radius 3 is 2.53 bits per heavy atom. The Morgan fingerprint density at radius 1 is 1.03 bits per heavy atom. The summed E-state index contributed by atoms with van der Waals surface area (Å²) >= 11 is 0. The molecule has 1 aliphatic rings. The minimum absolute atomic E-state index is 0.0898. The monoisotopic (exact) mass is 458 g/mol. The summed E-state index contributed by atoms with van der Waals surface area (Å²) in [7, 11) is 1.77. The van der Waals surface area contributed by atoms with Crippen molar-refractivity contribution >= 4 is 16.8 Å². The molecule has 1 aliphatic carbocycles. The van der Waals surface area contributed by atoms with E-state index in [-0.39, 0.29) is 11.8 Å². The summed E-state index contributed by atoms with van der Waals surface area (Å²) in [6.07, 6.45) is 8.20. The summed E-state index contributed by atoms with van der Waals surface area (Å²) in [6.45, 7) is 4.89. The second kappa shape index (κ2) is 11.5. The third-order valence-corrected chi connectivity index (χ3v) is 7.02. The van der Waals surface area contributed by atoms with E-state index in [0.717, 1.165) is 41.6 Å². The van der Waals surface area contributed by atoms with Crippen LogP contribution >= 0.6 is 0 Å². The van der Waals surface area contributed by atoms with Crippen molar-refractivity contribution in [3.63, 3.8) is 0 Å². The maximum Gasteiger partial charge on any atom is 0.227 e. The lowest BCUT2D eigenvalue weighted by atomic mass is 9.78. The smallest absolute Gasteiger partial charge is 0.227 e. The maximum absolute atomic E-state index is 13.1. The van der Waals surface area contributed by atoms with Crippen LogP contribution in [-0.4, -0.2) is 17.9 Å². The summed E-state index contributed by atoms with van der Waals surface area (Å²) in [6, 6.07) is 18.6. The number of ether oxygens (including phenoxy) is 1. The van der Waals surface area contributed by atoms with Crippen LogP contribution in [0.5, 0.6) is 5.75 Å². The Balaban J connectivity index is 1.59. The molecule has 1 saturated carbocycles. The first-order chi connectivity index (χ1) is 16.5. The lowest BCUT2D eigenvalue weighted by molar-refractivity contribution is -0.123. The summed E-state index contributed by atoms with van der Waals surface area (Å²) in [5.74, 6) is 1.79. The zero-order chi connectivity index (χ0) is 23.9. The molecule has 1 aromatic heterocycles. The van der Waals surface area contributed by atoms with Gasteiger partial charge in [-0.05, 0) is 66.5 Å². The predicted molar refractivity (Wildman–Crippen MR) is 139 cm³/mol. The molecule has 3 aromatic rings. The van der Waals surface area contributed by atoms with Crippen molar-refractivity contribution in [1.29, 1.82) is 0 Å². The highest BCUT2D eigenvalue weighted by Crippen LogP contribution is 2.38. The molecule has 1 heterocycles. The van der Waals surface area contributed by atoms with Crippen LogP contribution in [0, 0.1) is 11.8 Å². The molecule has 1 N–H and O–H groups in total. The second-order valence-corrected chi connectivity index (χ2v) is 10.1. The Kier molecular flexibility index (Phi) is 8.21. The highest BCUT2D eigenvalue weighted by atomic mass is 16.5. The van der Waals surface area contributed by atoms with Gasteiger partial charge < -0.3 is 10.1 Å². The third kappa shape index (κ3) is 5.97. The number of hydrogen-bond acceptors (Lipinski definition) is 3. The van der Waals surface area contributed by atoms with Crippen LogP contribution in [0.25, 0.3) is 10.9 Å². The van der Waals surface area contributed by atoms with Gasteiger partial charge in [-0.2, -0.15) is 0 Å². The molecule has 4 nitrogen and oxygen atoms in total. The number of nitrogens with zero attached hydrogens (tertiary/aromatic N) is 1. The lowest BCUT2D eigenvalue weighted by Crippen LogP contribution is -2.32. The van der Waals surface area contributed by atoms with Gasteiger partial charge in [0.2, 0.25) is 5.91 Å². The van der Waals surface area contributed by atoms with Crippen molar-refractivity contribution in [3.05, 3.63) is 71.4 Å². The van der Waals surface area contributed by atoms with E-state index < -0.39 is 0 Å². The van der Waals surface area contributed by atoms with Crippen LogP contribution < -0.4 is 10.1 Å². The van der Waals surface area contributed by atoms with E-state index in [2.05, 4.69) is 43.4 Å². The standard InChI is InChI=1S/C30H38N2O2/c1-21(2)18-24-19-26(34-20-25-15-14-22-10-8-9-13-28(22)32-25)16-17-27(24)29(30(33)31-3)23-11-6-4-5-7-12-23/h8-10,13-17,19,21,23,29H,4-7,11-12,18,20H2,1-3H3,(H,31,33). The molecule has 0 saturated heterocycles. The van der Waals surface area contributed by atoms with Gasteiger partial charge in [-0.3, -0.25) is 4.79 Å². The van der Waals surface area contributed by atoms with Crippen molar-refractivity contribution in [2.45, 2.75) is 71.3 Å². The average molecular weight is 459 g/mol. The number of carbonyl (C=O) groups is 1. The molecule has 1 amide bonds. The Hall–Kier alpha value is -2.88. The number of hydrogen-bond donors (Lipinski definition) is 1. The molecule has 1 atom stereocenters. The first kappa shape index (κ1) is 24.3. The zero-order valence-electron chi connectivity index (χ0n) is 20.8. The Morgan fingerprint density at radius 2 is 1.79 bits per heavy atom. The zero-order valence-corrected chi connectivity index (χ0v) is 20.8. The molecule has 0 radical (unpaired) electrons. The third-order valence-electron chi connectivity index (χ3n) is 7.02. The van der Waals surface area contributed by atoms with Gasteiger partial charge in [0, 0.05) is 12.4 Å². The number of likely N-dealkylation sites (N-methyl/N-ethyl adjacent to an activating group) is 1. The van der Waals surface area contributed by atoms with Gasteiger partial charge in [-0.15, -0.1) is 0 Å². The van der Waals surface area contributed by atoms with Crippen molar-refractivity contribution in [2.75, 3.05) is 7.05 Å². The molecule has 4 rings (SSSR count). The average Bonchev–Trinajstić information content (AvgIpc) is 3.13.